The fraction of sp³-hybridized carbons (Fsp3) is 0.550. The van der Waals surface area contributed by atoms with E-state index in [4.69, 9.17) is 4.74 Å². The zero-order chi connectivity index (χ0) is 18.1. The maximum absolute atomic E-state index is 12.6. The van der Waals surface area contributed by atoms with Crippen molar-refractivity contribution >= 4 is 23.4 Å². The monoisotopic (exact) mass is 356 g/mol. The van der Waals surface area contributed by atoms with Gasteiger partial charge >= 0.3 is 0 Å². The Morgan fingerprint density at radius 1 is 1.00 bits per heavy atom. The summed E-state index contributed by atoms with van der Waals surface area (Å²) in [5.41, 5.74) is 1.08. The number of imide groups is 1. The molecular weight excluding hydrogens is 332 g/mol. The van der Waals surface area contributed by atoms with Gasteiger partial charge in [-0.05, 0) is 49.9 Å². The van der Waals surface area contributed by atoms with Gasteiger partial charge < -0.3 is 10.1 Å². The highest BCUT2D eigenvalue weighted by molar-refractivity contribution is 6.22. The lowest BCUT2D eigenvalue weighted by Crippen LogP contribution is -2.32. The Kier molecular flexibility index (Phi) is 4.76. The highest BCUT2D eigenvalue weighted by Gasteiger charge is 2.48. The van der Waals surface area contributed by atoms with Crippen molar-refractivity contribution < 1.29 is 19.1 Å². The summed E-state index contributed by atoms with van der Waals surface area (Å²) in [5.74, 6) is -0.665. The Hall–Kier alpha value is -2.21. The van der Waals surface area contributed by atoms with Gasteiger partial charge in [0.05, 0.1) is 23.6 Å². The summed E-state index contributed by atoms with van der Waals surface area (Å²) in [5, 5.41) is 2.88. The van der Waals surface area contributed by atoms with Gasteiger partial charge in [0.2, 0.25) is 11.8 Å². The second-order valence-corrected chi connectivity index (χ2v) is 7.40. The standard InChI is InChI=1S/C20H24N2O4/c23-18(21-12-15-4-3-11-26-15)13-7-9-14(10-8-13)22-19(24)16-5-1-2-6-17(16)20(22)25/h7-10,15-17H,1-6,11-12H2,(H,21,23)/t15-,16-,17+/m1/s1. The highest BCUT2D eigenvalue weighted by Crippen LogP contribution is 2.40. The van der Waals surface area contributed by atoms with E-state index in [-0.39, 0.29) is 35.7 Å². The van der Waals surface area contributed by atoms with Crippen LogP contribution in [0.5, 0.6) is 0 Å². The molecule has 6 nitrogen and oxygen atoms in total. The van der Waals surface area contributed by atoms with E-state index in [1.54, 1.807) is 24.3 Å². The van der Waals surface area contributed by atoms with E-state index < -0.39 is 0 Å². The lowest BCUT2D eigenvalue weighted by Gasteiger charge is -2.19. The maximum Gasteiger partial charge on any atom is 0.251 e. The number of rotatable bonds is 4. The van der Waals surface area contributed by atoms with E-state index in [1.165, 1.54) is 4.90 Å². The van der Waals surface area contributed by atoms with E-state index in [0.717, 1.165) is 45.1 Å². The molecule has 0 bridgehead atoms. The fourth-order valence-electron chi connectivity index (χ4n) is 4.29. The molecule has 3 amide bonds. The number of fused-ring (bicyclic) bond motifs is 1. The van der Waals surface area contributed by atoms with Crippen molar-refractivity contribution in [2.45, 2.75) is 44.6 Å². The Morgan fingerprint density at radius 3 is 2.23 bits per heavy atom. The molecule has 1 aromatic rings. The van der Waals surface area contributed by atoms with Crippen LogP contribution in [-0.2, 0) is 14.3 Å². The summed E-state index contributed by atoms with van der Waals surface area (Å²) in [6.45, 7) is 1.27. The molecule has 138 valence electrons. The molecule has 3 fully saturated rings. The first-order valence-electron chi connectivity index (χ1n) is 9.53. The fourth-order valence-corrected chi connectivity index (χ4v) is 4.29. The van der Waals surface area contributed by atoms with Gasteiger partial charge in [0.1, 0.15) is 0 Å². The normalized spacial score (nSPS) is 28.3. The van der Waals surface area contributed by atoms with Crippen LogP contribution in [-0.4, -0.2) is 37.0 Å². The van der Waals surface area contributed by atoms with Gasteiger partial charge in [0.25, 0.3) is 5.91 Å². The zero-order valence-corrected chi connectivity index (χ0v) is 14.8. The van der Waals surface area contributed by atoms with Gasteiger partial charge in [-0.15, -0.1) is 0 Å². The minimum absolute atomic E-state index is 0.0877. The van der Waals surface area contributed by atoms with Crippen LogP contribution in [0, 0.1) is 11.8 Å². The van der Waals surface area contributed by atoms with Crippen LogP contribution < -0.4 is 10.2 Å². The summed E-state index contributed by atoms with van der Waals surface area (Å²) in [7, 11) is 0. The Balaban J connectivity index is 1.43. The van der Waals surface area contributed by atoms with Crippen molar-refractivity contribution in [1.29, 1.82) is 0 Å². The number of hydrogen-bond acceptors (Lipinski definition) is 4. The number of anilines is 1. The number of nitrogens with one attached hydrogen (secondary N) is 1. The van der Waals surface area contributed by atoms with E-state index in [2.05, 4.69) is 5.32 Å². The Labute approximate surface area is 152 Å². The first-order chi connectivity index (χ1) is 12.6. The van der Waals surface area contributed by atoms with Gasteiger partial charge in [-0.1, -0.05) is 12.8 Å². The molecule has 4 rings (SSSR count). The quantitative estimate of drug-likeness (QED) is 0.840. The predicted octanol–water partition coefficient (Wildman–Crippen LogP) is 2.28. The number of benzene rings is 1. The SMILES string of the molecule is O=C(NC[C@H]1CCCO1)c1ccc(N2C(=O)[C@H]3CCCC[C@H]3C2=O)cc1. The van der Waals surface area contributed by atoms with Crippen LogP contribution in [0.2, 0.25) is 0 Å². The van der Waals surface area contributed by atoms with Crippen LogP contribution in [0.4, 0.5) is 5.69 Å². The lowest BCUT2D eigenvalue weighted by atomic mass is 9.81. The van der Waals surface area contributed by atoms with Crippen molar-refractivity contribution in [3.63, 3.8) is 0 Å². The van der Waals surface area contributed by atoms with Crippen molar-refractivity contribution in [3.8, 4) is 0 Å². The number of carbonyl (C=O) groups is 3. The van der Waals surface area contributed by atoms with Crippen molar-refractivity contribution in [3.05, 3.63) is 29.8 Å². The predicted molar refractivity (Wildman–Crippen MR) is 95.7 cm³/mol. The molecule has 2 aliphatic heterocycles. The first-order valence-corrected chi connectivity index (χ1v) is 9.53. The van der Waals surface area contributed by atoms with Crippen LogP contribution in [0.15, 0.2) is 24.3 Å². The van der Waals surface area contributed by atoms with Crippen molar-refractivity contribution in [2.24, 2.45) is 11.8 Å². The summed E-state index contributed by atoms with van der Waals surface area (Å²) in [4.78, 5) is 38.8. The third-order valence-electron chi connectivity index (χ3n) is 5.74. The van der Waals surface area contributed by atoms with Crippen LogP contribution >= 0.6 is 0 Å². The van der Waals surface area contributed by atoms with Crippen LogP contribution in [0.1, 0.15) is 48.9 Å². The molecule has 1 aliphatic carbocycles. The van der Waals surface area contributed by atoms with Crippen molar-refractivity contribution in [2.75, 3.05) is 18.1 Å². The average molecular weight is 356 g/mol. The Bertz CT molecular complexity index is 685. The summed E-state index contributed by atoms with van der Waals surface area (Å²) in [6, 6.07) is 6.72. The molecule has 2 saturated heterocycles. The molecule has 1 aromatic carbocycles. The molecule has 2 heterocycles. The van der Waals surface area contributed by atoms with Gasteiger partial charge in [-0.2, -0.15) is 0 Å². The number of hydrogen-bond donors (Lipinski definition) is 1. The molecule has 0 spiro atoms. The smallest absolute Gasteiger partial charge is 0.251 e. The minimum atomic E-state index is -0.167. The third-order valence-corrected chi connectivity index (χ3v) is 5.74. The summed E-state index contributed by atoms with van der Waals surface area (Å²) < 4.78 is 5.50. The topological polar surface area (TPSA) is 75.7 Å². The van der Waals surface area contributed by atoms with Gasteiger partial charge in [0.15, 0.2) is 0 Å². The van der Waals surface area contributed by atoms with Gasteiger partial charge in [-0.25, -0.2) is 0 Å². The van der Waals surface area contributed by atoms with Gasteiger partial charge in [-0.3, -0.25) is 19.3 Å². The third kappa shape index (κ3) is 3.14. The van der Waals surface area contributed by atoms with E-state index in [9.17, 15) is 14.4 Å². The molecule has 6 heteroatoms. The number of amides is 3. The molecule has 0 unspecified atom stereocenters. The summed E-state index contributed by atoms with van der Waals surface area (Å²) in [6.07, 6.45) is 5.73. The van der Waals surface area contributed by atoms with Crippen LogP contribution in [0.25, 0.3) is 0 Å². The molecule has 0 aromatic heterocycles. The molecule has 1 saturated carbocycles. The largest absolute Gasteiger partial charge is 0.376 e. The molecule has 1 N–H and O–H groups in total. The second kappa shape index (κ2) is 7.19. The lowest BCUT2D eigenvalue weighted by molar-refractivity contribution is -0.122. The second-order valence-electron chi connectivity index (χ2n) is 7.40. The molecular formula is C20H24N2O4. The number of ether oxygens (including phenoxy) is 1. The molecule has 3 aliphatic rings. The van der Waals surface area contributed by atoms with Gasteiger partial charge in [0, 0.05) is 18.7 Å². The van der Waals surface area contributed by atoms with Crippen molar-refractivity contribution in [1.82, 2.24) is 5.32 Å². The molecule has 3 atom stereocenters. The average Bonchev–Trinajstić information content (AvgIpc) is 3.28. The number of carbonyl (C=O) groups excluding carboxylic acids is 3. The molecule has 26 heavy (non-hydrogen) atoms. The first kappa shape index (κ1) is 17.2. The number of nitrogens with zero attached hydrogens (tertiary/aromatic N) is 1. The molecule has 0 radical (unpaired) electrons. The van der Waals surface area contributed by atoms with E-state index in [1.807, 2.05) is 0 Å². The minimum Gasteiger partial charge on any atom is -0.376 e. The Morgan fingerprint density at radius 2 is 1.65 bits per heavy atom. The maximum atomic E-state index is 12.6. The van der Waals surface area contributed by atoms with E-state index >= 15 is 0 Å². The highest BCUT2D eigenvalue weighted by atomic mass is 16.5. The zero-order valence-electron chi connectivity index (χ0n) is 14.8. The van der Waals surface area contributed by atoms with E-state index in [0.29, 0.717) is 17.8 Å². The summed E-state index contributed by atoms with van der Waals surface area (Å²) >= 11 is 0. The van der Waals surface area contributed by atoms with Crippen LogP contribution in [0.3, 0.4) is 0 Å².